The first-order valence-electron chi connectivity index (χ1n) is 19.7. The van der Waals surface area contributed by atoms with Gasteiger partial charge in [0, 0.05) is 67.5 Å². The highest BCUT2D eigenvalue weighted by molar-refractivity contribution is 6.10. The fourth-order valence-corrected chi connectivity index (χ4v) is 8.11. The molecule has 0 bridgehead atoms. The predicted molar refractivity (Wildman–Crippen MR) is 244 cm³/mol. The maximum atomic E-state index is 6.65. The van der Waals surface area contributed by atoms with Gasteiger partial charge in [0.25, 0.3) is 0 Å². The lowest BCUT2D eigenvalue weighted by Crippen LogP contribution is -2.28. The van der Waals surface area contributed by atoms with Gasteiger partial charge in [-0.15, -0.1) is 0 Å². The molecule has 0 spiro atoms. The molecule has 0 fully saturated rings. The van der Waals surface area contributed by atoms with E-state index >= 15 is 0 Å². The molecule has 282 valence electrons. The standard InChI is InChI=1S/C53H39N5O/c1-4-46-44(41-26-15-17-30-48(41)58(46)38-23-12-7-13-24-38)33-35(2)40-25-14-16-29-47(40)57(3)39-31-32-49-45(34-39)42-27-18-28-43(50(42)59-49)53-55-51(36-19-8-5-9-20-36)54-52(56-53)37-21-10-6-11-22-37/h4-34H,2H2,1,3H3/b44-33-,46-4+. The molecule has 0 aliphatic rings. The number of hydrogen-bond donors (Lipinski definition) is 0. The van der Waals surface area contributed by atoms with Gasteiger partial charge in [-0.05, 0) is 67.1 Å². The average molecular weight is 762 g/mol. The topological polar surface area (TPSA) is 60.0 Å². The van der Waals surface area contributed by atoms with Gasteiger partial charge >= 0.3 is 0 Å². The zero-order valence-electron chi connectivity index (χ0n) is 32.7. The second-order valence-electron chi connectivity index (χ2n) is 14.5. The maximum absolute atomic E-state index is 6.65. The summed E-state index contributed by atoms with van der Waals surface area (Å²) in [6, 6.07) is 60.1. The summed E-state index contributed by atoms with van der Waals surface area (Å²) in [6.07, 6.45) is 4.41. The molecule has 7 aromatic carbocycles. The average Bonchev–Trinajstić information content (AvgIpc) is 3.84. The summed E-state index contributed by atoms with van der Waals surface area (Å²) in [5, 5.41) is 5.44. The van der Waals surface area contributed by atoms with E-state index in [1.165, 1.54) is 5.39 Å². The van der Waals surface area contributed by atoms with Gasteiger partial charge in [0.1, 0.15) is 11.2 Å². The van der Waals surface area contributed by atoms with Gasteiger partial charge < -0.3 is 13.9 Å². The van der Waals surface area contributed by atoms with Crippen molar-refractivity contribution >= 4 is 61.9 Å². The van der Waals surface area contributed by atoms with Gasteiger partial charge in [-0.2, -0.15) is 0 Å². The van der Waals surface area contributed by atoms with Crippen LogP contribution in [0.1, 0.15) is 12.5 Å². The van der Waals surface area contributed by atoms with Crippen LogP contribution in [-0.4, -0.2) is 26.6 Å². The van der Waals surface area contributed by atoms with Crippen molar-refractivity contribution in [1.82, 2.24) is 19.5 Å². The first-order chi connectivity index (χ1) is 29.1. The molecule has 6 heteroatoms. The van der Waals surface area contributed by atoms with Crippen molar-refractivity contribution in [2.45, 2.75) is 6.92 Å². The molecule has 3 heterocycles. The van der Waals surface area contributed by atoms with Crippen molar-refractivity contribution in [2.75, 3.05) is 11.9 Å². The highest BCUT2D eigenvalue weighted by atomic mass is 16.3. The van der Waals surface area contributed by atoms with Crippen molar-refractivity contribution in [3.8, 4) is 39.9 Å². The van der Waals surface area contributed by atoms with Gasteiger partial charge in [-0.25, -0.2) is 15.0 Å². The molecular formula is C53H39N5O. The van der Waals surface area contributed by atoms with Crippen molar-refractivity contribution in [1.29, 1.82) is 0 Å². The SMILES string of the molecule is C=C(/C=c1\c(=C/C)n(-c2ccccc2)c2ccccc12)c1ccccc1N(C)c1ccc2oc3c(-c4nc(-c5ccccc5)nc(-c5ccccc5)n4)cccc3c2c1. The normalized spacial score (nSPS) is 12.2. The molecule has 0 aliphatic heterocycles. The molecule has 0 N–H and O–H groups in total. The molecule has 0 radical (unpaired) electrons. The third-order valence-corrected chi connectivity index (χ3v) is 11.0. The Kier molecular flexibility index (Phi) is 9.00. The van der Waals surface area contributed by atoms with Crippen molar-refractivity contribution < 1.29 is 4.42 Å². The van der Waals surface area contributed by atoms with Gasteiger partial charge in [0.15, 0.2) is 17.5 Å². The largest absolute Gasteiger partial charge is 0.455 e. The van der Waals surface area contributed by atoms with E-state index in [0.29, 0.717) is 17.5 Å². The van der Waals surface area contributed by atoms with Crippen LogP contribution in [0.25, 0.3) is 90.4 Å². The van der Waals surface area contributed by atoms with Crippen LogP contribution in [-0.2, 0) is 0 Å². The lowest BCUT2D eigenvalue weighted by molar-refractivity contribution is 0.669. The first-order valence-corrected chi connectivity index (χ1v) is 19.7. The summed E-state index contributed by atoms with van der Waals surface area (Å²) >= 11 is 0. The Labute approximate surface area is 342 Å². The third-order valence-electron chi connectivity index (χ3n) is 11.0. The summed E-state index contributed by atoms with van der Waals surface area (Å²) in [6.45, 7) is 6.76. The number of para-hydroxylation sites is 4. The predicted octanol–water partition coefficient (Wildman–Crippen LogP) is 11.8. The van der Waals surface area contributed by atoms with E-state index in [9.17, 15) is 0 Å². The van der Waals surface area contributed by atoms with Gasteiger partial charge in [0.2, 0.25) is 0 Å². The van der Waals surface area contributed by atoms with Crippen LogP contribution in [0.15, 0.2) is 187 Å². The number of aromatic nitrogens is 4. The lowest BCUT2D eigenvalue weighted by atomic mass is 10.0. The highest BCUT2D eigenvalue weighted by Crippen LogP contribution is 2.39. The van der Waals surface area contributed by atoms with Crippen LogP contribution in [0.2, 0.25) is 0 Å². The summed E-state index contributed by atoms with van der Waals surface area (Å²) in [4.78, 5) is 17.1. The molecule has 0 amide bonds. The number of anilines is 2. The van der Waals surface area contributed by atoms with Crippen molar-refractivity contribution in [2.24, 2.45) is 0 Å². The van der Waals surface area contributed by atoms with E-state index in [0.717, 1.165) is 82.9 Å². The molecule has 10 aromatic rings. The van der Waals surface area contributed by atoms with E-state index < -0.39 is 0 Å². The minimum Gasteiger partial charge on any atom is -0.455 e. The Hall–Kier alpha value is -7.83. The highest BCUT2D eigenvalue weighted by Gasteiger charge is 2.19. The third kappa shape index (κ3) is 6.37. The minimum absolute atomic E-state index is 0.555. The zero-order valence-corrected chi connectivity index (χ0v) is 32.7. The number of fused-ring (bicyclic) bond motifs is 4. The molecule has 3 aromatic heterocycles. The fourth-order valence-electron chi connectivity index (χ4n) is 8.11. The number of allylic oxidation sites excluding steroid dienone is 1. The Morgan fingerprint density at radius 2 is 1.22 bits per heavy atom. The number of furan rings is 1. The lowest BCUT2D eigenvalue weighted by Gasteiger charge is -2.23. The van der Waals surface area contributed by atoms with Crippen LogP contribution in [0.3, 0.4) is 0 Å². The van der Waals surface area contributed by atoms with E-state index in [1.54, 1.807) is 0 Å². The number of hydrogen-bond acceptors (Lipinski definition) is 5. The van der Waals surface area contributed by atoms with Gasteiger partial charge in [-0.3, -0.25) is 0 Å². The molecule has 0 unspecified atom stereocenters. The van der Waals surface area contributed by atoms with Crippen LogP contribution >= 0.6 is 0 Å². The minimum atomic E-state index is 0.555. The van der Waals surface area contributed by atoms with E-state index in [1.807, 2.05) is 72.8 Å². The van der Waals surface area contributed by atoms with Crippen LogP contribution in [0.4, 0.5) is 11.4 Å². The first kappa shape index (κ1) is 35.6. The molecule has 59 heavy (non-hydrogen) atoms. The second kappa shape index (κ2) is 14.9. The summed E-state index contributed by atoms with van der Waals surface area (Å²) < 4.78 is 8.97. The van der Waals surface area contributed by atoms with E-state index in [2.05, 4.69) is 145 Å². The molecule has 0 saturated heterocycles. The summed E-state index contributed by atoms with van der Waals surface area (Å²) in [5.74, 6) is 1.77. The quantitative estimate of drug-likeness (QED) is 0.154. The van der Waals surface area contributed by atoms with Crippen molar-refractivity contribution in [3.05, 3.63) is 199 Å². The van der Waals surface area contributed by atoms with E-state index in [-0.39, 0.29) is 0 Å². The molecule has 10 rings (SSSR count). The molecule has 0 atom stereocenters. The molecule has 0 aliphatic carbocycles. The number of rotatable bonds is 8. The van der Waals surface area contributed by atoms with Crippen LogP contribution in [0, 0.1) is 0 Å². The summed E-state index contributed by atoms with van der Waals surface area (Å²) in [7, 11) is 2.11. The zero-order chi connectivity index (χ0) is 39.9. The molecule has 0 saturated carbocycles. The second-order valence-corrected chi connectivity index (χ2v) is 14.5. The van der Waals surface area contributed by atoms with E-state index in [4.69, 9.17) is 19.4 Å². The monoisotopic (exact) mass is 761 g/mol. The molecular weight excluding hydrogens is 723 g/mol. The Morgan fingerprint density at radius 3 is 1.93 bits per heavy atom. The van der Waals surface area contributed by atoms with Crippen LogP contribution < -0.4 is 15.5 Å². The Bertz CT molecular complexity index is 3260. The Balaban J connectivity index is 1.05. The molecule has 6 nitrogen and oxygen atoms in total. The van der Waals surface area contributed by atoms with Gasteiger partial charge in [0.05, 0.1) is 11.1 Å². The maximum Gasteiger partial charge on any atom is 0.167 e. The smallest absolute Gasteiger partial charge is 0.167 e. The summed E-state index contributed by atoms with van der Waals surface area (Å²) in [5.41, 5.74) is 10.5. The fraction of sp³-hybridized carbons (Fsp3) is 0.0377. The van der Waals surface area contributed by atoms with Crippen molar-refractivity contribution in [3.63, 3.8) is 0 Å². The Morgan fingerprint density at radius 1 is 0.610 bits per heavy atom. The van der Waals surface area contributed by atoms with Crippen LogP contribution in [0.5, 0.6) is 0 Å². The number of benzene rings is 7. The number of nitrogens with zero attached hydrogens (tertiary/aromatic N) is 5. The van der Waals surface area contributed by atoms with Gasteiger partial charge in [-0.1, -0.05) is 140 Å².